The lowest BCUT2D eigenvalue weighted by atomic mass is 10.1. The molecule has 0 bridgehead atoms. The summed E-state index contributed by atoms with van der Waals surface area (Å²) in [4.78, 5) is 0.144. The van der Waals surface area contributed by atoms with Gasteiger partial charge in [0.1, 0.15) is 0 Å². The Balaban J connectivity index is 2.19. The third-order valence-electron chi connectivity index (χ3n) is 3.35. The van der Waals surface area contributed by atoms with Gasteiger partial charge >= 0.3 is 0 Å². The molecule has 1 heterocycles. The zero-order valence-electron chi connectivity index (χ0n) is 11.1. The molecule has 6 heteroatoms. The number of nitrogens with two attached hydrogens (primary N) is 1. The lowest BCUT2D eigenvalue weighted by molar-refractivity contribution is 0.144. The molecule has 1 atom stereocenters. The van der Waals surface area contributed by atoms with Crippen LogP contribution in [0.2, 0.25) is 0 Å². The minimum Gasteiger partial charge on any atom is -0.382 e. The van der Waals surface area contributed by atoms with E-state index in [0.29, 0.717) is 6.04 Å². The van der Waals surface area contributed by atoms with Gasteiger partial charge in [-0.15, -0.1) is 0 Å². The quantitative estimate of drug-likeness (QED) is 0.883. The molecule has 0 radical (unpaired) electrons. The van der Waals surface area contributed by atoms with Crippen molar-refractivity contribution in [2.45, 2.75) is 37.1 Å². The van der Waals surface area contributed by atoms with Gasteiger partial charge in [-0.2, -0.15) is 0 Å². The summed E-state index contributed by atoms with van der Waals surface area (Å²) in [5.41, 5.74) is 1.84. The molecule has 1 saturated heterocycles. The molecular formula is C13H20N2O3S. The Kier molecular flexibility index (Phi) is 4.44. The molecule has 3 N–H and O–H groups in total. The molecule has 1 aliphatic heterocycles. The number of sulfonamides is 1. The van der Waals surface area contributed by atoms with Crippen LogP contribution in [-0.2, 0) is 14.8 Å². The number of benzene rings is 1. The van der Waals surface area contributed by atoms with E-state index in [1.54, 1.807) is 12.1 Å². The van der Waals surface area contributed by atoms with Gasteiger partial charge in [0.25, 0.3) is 0 Å². The second-order valence-corrected chi connectivity index (χ2v) is 6.47. The fourth-order valence-electron chi connectivity index (χ4n) is 2.20. The van der Waals surface area contributed by atoms with E-state index in [9.17, 15) is 8.42 Å². The van der Waals surface area contributed by atoms with E-state index in [0.717, 1.165) is 43.7 Å². The van der Waals surface area contributed by atoms with Crippen molar-refractivity contribution in [2.75, 3.05) is 18.5 Å². The molecule has 1 aromatic carbocycles. The summed E-state index contributed by atoms with van der Waals surface area (Å²) in [5, 5.41) is 8.56. The number of nitrogens with one attached hydrogen (secondary N) is 1. The molecule has 0 aliphatic carbocycles. The maximum atomic E-state index is 11.4. The summed E-state index contributed by atoms with van der Waals surface area (Å²) in [6, 6.07) is 5.23. The standard InChI is InChI=1S/C13H20N2O3S/c1-10-4-5-12(19(14,16)17)9-13(10)15-11-3-2-7-18-8-6-11/h4-5,9,11,15H,2-3,6-8H2,1H3,(H2,14,16,17). The number of hydrogen-bond donors (Lipinski definition) is 2. The topological polar surface area (TPSA) is 81.4 Å². The predicted octanol–water partition coefficient (Wildman–Crippen LogP) is 1.62. The molecule has 1 unspecified atom stereocenters. The van der Waals surface area contributed by atoms with E-state index in [1.807, 2.05) is 6.92 Å². The van der Waals surface area contributed by atoms with Crippen molar-refractivity contribution in [1.29, 1.82) is 0 Å². The first kappa shape index (κ1) is 14.3. The Labute approximate surface area is 114 Å². The van der Waals surface area contributed by atoms with E-state index in [1.165, 1.54) is 6.07 Å². The Morgan fingerprint density at radius 1 is 1.32 bits per heavy atom. The minimum atomic E-state index is -3.65. The Bertz CT molecular complexity index is 535. The molecule has 1 fully saturated rings. The molecule has 1 aliphatic rings. The average molecular weight is 284 g/mol. The van der Waals surface area contributed by atoms with E-state index < -0.39 is 10.0 Å². The van der Waals surface area contributed by atoms with E-state index in [4.69, 9.17) is 9.88 Å². The summed E-state index contributed by atoms with van der Waals surface area (Å²) in [6.45, 7) is 3.49. The average Bonchev–Trinajstić information content (AvgIpc) is 2.59. The van der Waals surface area contributed by atoms with Gasteiger partial charge in [0.15, 0.2) is 0 Å². The van der Waals surface area contributed by atoms with Crippen molar-refractivity contribution in [1.82, 2.24) is 0 Å². The maximum absolute atomic E-state index is 11.4. The lowest BCUT2D eigenvalue weighted by Gasteiger charge is -2.19. The number of rotatable bonds is 3. The largest absolute Gasteiger partial charge is 0.382 e. The lowest BCUT2D eigenvalue weighted by Crippen LogP contribution is -2.21. The highest BCUT2D eigenvalue weighted by molar-refractivity contribution is 7.89. The molecule has 19 heavy (non-hydrogen) atoms. The normalized spacial score (nSPS) is 20.8. The van der Waals surface area contributed by atoms with Crippen molar-refractivity contribution in [3.8, 4) is 0 Å². The zero-order valence-corrected chi connectivity index (χ0v) is 11.9. The molecule has 1 aromatic rings. The van der Waals surface area contributed by atoms with Gasteiger partial charge in [-0.1, -0.05) is 6.07 Å². The van der Waals surface area contributed by atoms with Crippen LogP contribution in [0.5, 0.6) is 0 Å². The van der Waals surface area contributed by atoms with E-state index in [2.05, 4.69) is 5.32 Å². The van der Waals surface area contributed by atoms with Gasteiger partial charge in [-0.25, -0.2) is 13.6 Å². The van der Waals surface area contributed by atoms with Gasteiger partial charge in [-0.3, -0.25) is 0 Å². The van der Waals surface area contributed by atoms with Gasteiger partial charge in [-0.05, 0) is 43.9 Å². The minimum absolute atomic E-state index is 0.144. The van der Waals surface area contributed by atoms with Crippen LogP contribution in [0.3, 0.4) is 0 Å². The van der Waals surface area contributed by atoms with Gasteiger partial charge in [0.2, 0.25) is 10.0 Å². The Morgan fingerprint density at radius 2 is 2.11 bits per heavy atom. The molecule has 0 aromatic heterocycles. The molecule has 0 saturated carbocycles. The number of ether oxygens (including phenoxy) is 1. The first-order valence-corrected chi connectivity index (χ1v) is 7.99. The SMILES string of the molecule is Cc1ccc(S(N)(=O)=O)cc1NC1CCCOCC1. The van der Waals surface area contributed by atoms with Crippen LogP contribution in [0, 0.1) is 6.92 Å². The van der Waals surface area contributed by atoms with Crippen molar-refractivity contribution >= 4 is 15.7 Å². The predicted molar refractivity (Wildman–Crippen MR) is 74.6 cm³/mol. The third kappa shape index (κ3) is 3.92. The first-order valence-electron chi connectivity index (χ1n) is 6.44. The van der Waals surface area contributed by atoms with Crippen LogP contribution in [-0.4, -0.2) is 27.7 Å². The number of anilines is 1. The monoisotopic (exact) mass is 284 g/mol. The summed E-state index contributed by atoms with van der Waals surface area (Å²) < 4.78 is 28.2. The summed E-state index contributed by atoms with van der Waals surface area (Å²) >= 11 is 0. The summed E-state index contributed by atoms with van der Waals surface area (Å²) in [7, 11) is -3.65. The van der Waals surface area contributed by atoms with Crippen LogP contribution in [0.15, 0.2) is 23.1 Å². The van der Waals surface area contributed by atoms with Crippen LogP contribution < -0.4 is 10.5 Å². The molecule has 5 nitrogen and oxygen atoms in total. The second kappa shape index (κ2) is 5.90. The van der Waals surface area contributed by atoms with Gasteiger partial charge in [0.05, 0.1) is 4.90 Å². The number of primary sulfonamides is 1. The van der Waals surface area contributed by atoms with E-state index in [-0.39, 0.29) is 4.90 Å². The highest BCUT2D eigenvalue weighted by Gasteiger charge is 2.15. The van der Waals surface area contributed by atoms with Crippen LogP contribution in [0.4, 0.5) is 5.69 Å². The first-order chi connectivity index (χ1) is 8.97. The molecule has 0 spiro atoms. The number of aryl methyl sites for hydroxylation is 1. The molecule has 106 valence electrons. The van der Waals surface area contributed by atoms with Crippen molar-refractivity contribution < 1.29 is 13.2 Å². The van der Waals surface area contributed by atoms with Gasteiger partial charge < -0.3 is 10.1 Å². The zero-order chi connectivity index (χ0) is 13.9. The van der Waals surface area contributed by atoms with Crippen LogP contribution in [0.25, 0.3) is 0 Å². The molecular weight excluding hydrogens is 264 g/mol. The third-order valence-corrected chi connectivity index (χ3v) is 4.26. The van der Waals surface area contributed by atoms with E-state index >= 15 is 0 Å². The maximum Gasteiger partial charge on any atom is 0.238 e. The highest BCUT2D eigenvalue weighted by Crippen LogP contribution is 2.22. The summed E-state index contributed by atoms with van der Waals surface area (Å²) in [5.74, 6) is 0. The second-order valence-electron chi connectivity index (χ2n) is 4.91. The fraction of sp³-hybridized carbons (Fsp3) is 0.538. The highest BCUT2D eigenvalue weighted by atomic mass is 32.2. The van der Waals surface area contributed by atoms with Crippen molar-refractivity contribution in [2.24, 2.45) is 5.14 Å². The van der Waals surface area contributed by atoms with Crippen molar-refractivity contribution in [3.05, 3.63) is 23.8 Å². The smallest absolute Gasteiger partial charge is 0.238 e. The Morgan fingerprint density at radius 3 is 2.84 bits per heavy atom. The summed E-state index contributed by atoms with van der Waals surface area (Å²) in [6.07, 6.45) is 2.98. The molecule has 0 amide bonds. The van der Waals surface area contributed by atoms with Gasteiger partial charge in [0, 0.05) is 24.9 Å². The van der Waals surface area contributed by atoms with Crippen molar-refractivity contribution in [3.63, 3.8) is 0 Å². The fourth-order valence-corrected chi connectivity index (χ4v) is 2.74. The van der Waals surface area contributed by atoms with Crippen LogP contribution >= 0.6 is 0 Å². The molecule has 2 rings (SSSR count). The Hall–Kier alpha value is -1.11. The van der Waals surface area contributed by atoms with Crippen LogP contribution in [0.1, 0.15) is 24.8 Å². The number of hydrogen-bond acceptors (Lipinski definition) is 4.